The number of nitrogens with one attached hydrogen (secondary N) is 1. The van der Waals surface area contributed by atoms with Gasteiger partial charge in [0.1, 0.15) is 0 Å². The van der Waals surface area contributed by atoms with Gasteiger partial charge in [-0.3, -0.25) is 19.3 Å². The molecule has 6 nitrogen and oxygen atoms in total. The number of nitrogens with zero attached hydrogens (tertiary/aromatic N) is 1. The number of carbonyl (C=O) groups is 3. The van der Waals surface area contributed by atoms with Crippen LogP contribution in [-0.2, 0) is 14.4 Å². The summed E-state index contributed by atoms with van der Waals surface area (Å²) >= 11 is 0. The van der Waals surface area contributed by atoms with E-state index in [1.807, 2.05) is 6.92 Å². The zero-order chi connectivity index (χ0) is 12.8. The van der Waals surface area contributed by atoms with E-state index in [4.69, 9.17) is 0 Å². The highest BCUT2D eigenvalue weighted by Gasteiger charge is 2.28. The molecule has 1 atom stereocenters. The van der Waals surface area contributed by atoms with Crippen molar-refractivity contribution in [2.24, 2.45) is 0 Å². The molecule has 0 aromatic heterocycles. The molecule has 2 N–H and O–H groups in total. The van der Waals surface area contributed by atoms with E-state index < -0.39 is 6.10 Å². The summed E-state index contributed by atoms with van der Waals surface area (Å²) in [5, 5.41) is 11.8. The van der Waals surface area contributed by atoms with Crippen molar-refractivity contribution in [3.8, 4) is 0 Å². The minimum Gasteiger partial charge on any atom is -0.391 e. The van der Waals surface area contributed by atoms with Gasteiger partial charge in [0, 0.05) is 32.4 Å². The second-order valence-electron chi connectivity index (χ2n) is 4.06. The molecule has 1 rings (SSSR count). The maximum atomic E-state index is 11.4. The highest BCUT2D eigenvalue weighted by Crippen LogP contribution is 2.11. The molecule has 1 unspecified atom stereocenters. The molecule has 1 heterocycles. The first-order valence-electron chi connectivity index (χ1n) is 5.82. The summed E-state index contributed by atoms with van der Waals surface area (Å²) in [6, 6.07) is 0. The summed E-state index contributed by atoms with van der Waals surface area (Å²) in [6.45, 7) is 2.15. The molecule has 0 aromatic rings. The number of likely N-dealkylation sites (tertiary alicyclic amines) is 1. The van der Waals surface area contributed by atoms with Gasteiger partial charge in [-0.05, 0) is 6.42 Å². The van der Waals surface area contributed by atoms with Gasteiger partial charge in [-0.1, -0.05) is 6.92 Å². The van der Waals surface area contributed by atoms with E-state index in [1.54, 1.807) is 0 Å². The van der Waals surface area contributed by atoms with Crippen LogP contribution in [0.25, 0.3) is 0 Å². The van der Waals surface area contributed by atoms with E-state index in [9.17, 15) is 19.5 Å². The van der Waals surface area contributed by atoms with E-state index in [2.05, 4.69) is 5.32 Å². The van der Waals surface area contributed by atoms with Crippen LogP contribution in [0.1, 0.15) is 32.6 Å². The highest BCUT2D eigenvalue weighted by molar-refractivity contribution is 6.02. The summed E-state index contributed by atoms with van der Waals surface area (Å²) < 4.78 is 0. The fourth-order valence-corrected chi connectivity index (χ4v) is 1.55. The fraction of sp³-hybridized carbons (Fsp3) is 0.727. The third-order valence-electron chi connectivity index (χ3n) is 2.72. The van der Waals surface area contributed by atoms with Crippen molar-refractivity contribution >= 4 is 17.7 Å². The maximum Gasteiger partial charge on any atom is 0.229 e. The molecule has 3 amide bonds. The van der Waals surface area contributed by atoms with Crippen LogP contribution in [-0.4, -0.2) is 46.9 Å². The molecule has 0 bridgehead atoms. The molecule has 17 heavy (non-hydrogen) atoms. The third kappa shape index (κ3) is 4.14. The van der Waals surface area contributed by atoms with E-state index in [1.165, 1.54) is 0 Å². The van der Waals surface area contributed by atoms with Crippen molar-refractivity contribution in [2.45, 2.75) is 38.7 Å². The number of aliphatic hydroxyl groups is 1. The number of carbonyl (C=O) groups excluding carboxylic acids is 3. The molecule has 6 heteroatoms. The summed E-state index contributed by atoms with van der Waals surface area (Å²) in [4.78, 5) is 35.0. The zero-order valence-corrected chi connectivity index (χ0v) is 9.94. The minimum absolute atomic E-state index is 0.0912. The van der Waals surface area contributed by atoms with Crippen molar-refractivity contribution in [1.29, 1.82) is 0 Å². The first kappa shape index (κ1) is 13.6. The lowest BCUT2D eigenvalue weighted by molar-refractivity contribution is -0.138. The molecule has 1 aliphatic heterocycles. The molecule has 96 valence electrons. The topological polar surface area (TPSA) is 86.7 Å². The average Bonchev–Trinajstić information content (AvgIpc) is 2.63. The predicted molar refractivity (Wildman–Crippen MR) is 59.9 cm³/mol. The second kappa shape index (κ2) is 6.34. The van der Waals surface area contributed by atoms with Crippen LogP contribution in [0.15, 0.2) is 0 Å². The van der Waals surface area contributed by atoms with Crippen LogP contribution in [0.4, 0.5) is 0 Å². The van der Waals surface area contributed by atoms with E-state index in [0.717, 1.165) is 4.90 Å². The minimum atomic E-state index is -0.547. The van der Waals surface area contributed by atoms with Gasteiger partial charge < -0.3 is 10.4 Å². The van der Waals surface area contributed by atoms with E-state index in [-0.39, 0.29) is 50.1 Å². The van der Waals surface area contributed by atoms with Gasteiger partial charge in [0.05, 0.1) is 6.10 Å². The summed E-state index contributed by atoms with van der Waals surface area (Å²) in [6.07, 6.45) is 0.607. The Hall–Kier alpha value is -1.43. The SMILES string of the molecule is CCC(O)CNC(=O)CCN1C(=O)CCC1=O. The number of hydrogen-bond donors (Lipinski definition) is 2. The summed E-state index contributed by atoms with van der Waals surface area (Å²) in [7, 11) is 0. The van der Waals surface area contributed by atoms with Crippen LogP contribution in [0, 0.1) is 0 Å². The molecular weight excluding hydrogens is 224 g/mol. The van der Waals surface area contributed by atoms with Gasteiger partial charge in [0.2, 0.25) is 17.7 Å². The second-order valence-corrected chi connectivity index (χ2v) is 4.06. The molecule has 0 aromatic carbocycles. The standard InChI is InChI=1S/C11H18N2O4/c1-2-8(14)7-12-9(15)5-6-13-10(16)3-4-11(13)17/h8,14H,2-7H2,1H3,(H,12,15). The maximum absolute atomic E-state index is 11.4. The molecule has 1 aliphatic rings. The van der Waals surface area contributed by atoms with Gasteiger partial charge >= 0.3 is 0 Å². The normalized spacial score (nSPS) is 17.4. The van der Waals surface area contributed by atoms with Crippen molar-refractivity contribution < 1.29 is 19.5 Å². The Morgan fingerprint density at radius 1 is 1.41 bits per heavy atom. The van der Waals surface area contributed by atoms with Crippen LogP contribution in [0.5, 0.6) is 0 Å². The smallest absolute Gasteiger partial charge is 0.229 e. The molecule has 0 radical (unpaired) electrons. The number of aliphatic hydroxyl groups excluding tert-OH is 1. The van der Waals surface area contributed by atoms with E-state index in [0.29, 0.717) is 6.42 Å². The van der Waals surface area contributed by atoms with Crippen LogP contribution < -0.4 is 5.32 Å². The van der Waals surface area contributed by atoms with Crippen molar-refractivity contribution in [3.63, 3.8) is 0 Å². The number of hydrogen-bond acceptors (Lipinski definition) is 4. The monoisotopic (exact) mass is 242 g/mol. The zero-order valence-electron chi connectivity index (χ0n) is 9.94. The number of amides is 3. The molecule has 0 spiro atoms. The van der Waals surface area contributed by atoms with Crippen molar-refractivity contribution in [2.75, 3.05) is 13.1 Å². The van der Waals surface area contributed by atoms with Crippen molar-refractivity contribution in [1.82, 2.24) is 10.2 Å². The van der Waals surface area contributed by atoms with Crippen LogP contribution in [0.2, 0.25) is 0 Å². The highest BCUT2D eigenvalue weighted by atomic mass is 16.3. The van der Waals surface area contributed by atoms with Gasteiger partial charge in [0.15, 0.2) is 0 Å². The Bertz CT molecular complexity index is 301. The van der Waals surface area contributed by atoms with Crippen LogP contribution in [0.3, 0.4) is 0 Å². The van der Waals surface area contributed by atoms with Gasteiger partial charge in [-0.25, -0.2) is 0 Å². The Morgan fingerprint density at radius 3 is 2.53 bits per heavy atom. The lowest BCUT2D eigenvalue weighted by atomic mass is 10.2. The Kier molecular flexibility index (Phi) is 5.09. The predicted octanol–water partition coefficient (Wildman–Crippen LogP) is -0.587. The average molecular weight is 242 g/mol. The summed E-state index contributed by atoms with van der Waals surface area (Å²) in [5.74, 6) is -0.683. The largest absolute Gasteiger partial charge is 0.391 e. The Labute approximate surface area is 100.0 Å². The third-order valence-corrected chi connectivity index (χ3v) is 2.72. The van der Waals surface area contributed by atoms with Crippen molar-refractivity contribution in [3.05, 3.63) is 0 Å². The molecule has 1 fully saturated rings. The van der Waals surface area contributed by atoms with Gasteiger partial charge in [-0.15, -0.1) is 0 Å². The first-order valence-corrected chi connectivity index (χ1v) is 5.82. The first-order chi connectivity index (χ1) is 8.04. The molecule has 0 saturated carbocycles. The lowest BCUT2D eigenvalue weighted by Gasteiger charge is -2.14. The molecule has 1 saturated heterocycles. The quantitative estimate of drug-likeness (QED) is 0.610. The molecular formula is C11H18N2O4. The van der Waals surface area contributed by atoms with Crippen LogP contribution >= 0.6 is 0 Å². The van der Waals surface area contributed by atoms with E-state index >= 15 is 0 Å². The summed E-state index contributed by atoms with van der Waals surface area (Å²) in [5.41, 5.74) is 0. The fourth-order valence-electron chi connectivity index (χ4n) is 1.55. The number of imide groups is 1. The van der Waals surface area contributed by atoms with Gasteiger partial charge in [-0.2, -0.15) is 0 Å². The number of rotatable bonds is 6. The Morgan fingerprint density at radius 2 is 2.00 bits per heavy atom. The molecule has 0 aliphatic carbocycles. The lowest BCUT2D eigenvalue weighted by Crippen LogP contribution is -2.36. The van der Waals surface area contributed by atoms with Gasteiger partial charge in [0.25, 0.3) is 0 Å². The Balaban J connectivity index is 2.24.